The van der Waals surface area contributed by atoms with Crippen LogP contribution in [0.15, 0.2) is 53.1 Å². The van der Waals surface area contributed by atoms with Crippen molar-refractivity contribution in [2.75, 3.05) is 0 Å². The fourth-order valence-corrected chi connectivity index (χ4v) is 17.0. The Bertz CT molecular complexity index is 2120. The third-order valence-corrected chi connectivity index (χ3v) is 17.5. The van der Waals surface area contributed by atoms with Crippen LogP contribution in [0.3, 0.4) is 0 Å². The Morgan fingerprint density at radius 3 is 1.59 bits per heavy atom. The second-order valence-corrected chi connectivity index (χ2v) is 29.2. The van der Waals surface area contributed by atoms with E-state index in [2.05, 4.69) is 88.0 Å². The molecule has 0 saturated carbocycles. The number of hydrogen-bond donors (Lipinski definition) is 1. The van der Waals surface area contributed by atoms with Gasteiger partial charge < -0.3 is 0 Å². The molecule has 0 aliphatic rings. The quantitative estimate of drug-likeness (QED) is 0.0577. The van der Waals surface area contributed by atoms with Crippen molar-refractivity contribution in [3.63, 3.8) is 0 Å². The van der Waals surface area contributed by atoms with E-state index in [9.17, 15) is 0 Å². The Balaban J connectivity index is 2.06. The average Bonchev–Trinajstić information content (AvgIpc) is 2.81. The van der Waals surface area contributed by atoms with Gasteiger partial charge in [-0.15, -0.1) is 79.1 Å². The maximum atomic E-state index is 6.86. The predicted molar refractivity (Wildman–Crippen MR) is 189 cm³/mol. The highest BCUT2D eigenvalue weighted by molar-refractivity contribution is 9.14. The lowest BCUT2D eigenvalue weighted by atomic mass is 9.83. The summed E-state index contributed by atoms with van der Waals surface area (Å²) in [6.45, 7) is 0. The Labute approximate surface area is 279 Å². The van der Waals surface area contributed by atoms with Crippen LogP contribution in [0.1, 0.15) is 0 Å². The van der Waals surface area contributed by atoms with Crippen LogP contribution in [0.5, 0.6) is 0 Å². The van der Waals surface area contributed by atoms with Gasteiger partial charge in [0.15, 0.2) is 0 Å². The average molecular weight is 915 g/mol. The van der Waals surface area contributed by atoms with E-state index in [0.717, 1.165) is 82.5 Å². The van der Waals surface area contributed by atoms with Crippen molar-refractivity contribution in [1.29, 1.82) is 0 Å². The lowest BCUT2D eigenvalue weighted by molar-refractivity contribution is 1.63. The van der Waals surface area contributed by atoms with Crippen LogP contribution in [0.25, 0.3) is 64.6 Å². The Hall–Kier alpha value is 1.32. The topological polar surface area (TPSA) is 0 Å². The van der Waals surface area contributed by atoms with Crippen molar-refractivity contribution >= 4 is 230 Å². The molecule has 0 amide bonds. The zero-order valence-electron chi connectivity index (χ0n) is 17.6. The van der Waals surface area contributed by atoms with Gasteiger partial charge in [0.25, 0.3) is 0 Å². The summed E-state index contributed by atoms with van der Waals surface area (Å²) in [4.78, 5) is 0.682. The fraction of sp³-hybridized carbons (Fsp3) is 0. The minimum absolute atomic E-state index is 0.495. The monoisotopic (exact) mass is 907 g/mol. The molecule has 7 aromatic carbocycles. The summed E-state index contributed by atoms with van der Waals surface area (Å²) in [5, 5.41) is 13.1. The van der Waals surface area contributed by atoms with Crippen LogP contribution in [0.2, 0.25) is 0 Å². The van der Waals surface area contributed by atoms with Gasteiger partial charge >= 0.3 is 12.0 Å². The third-order valence-electron chi connectivity index (χ3n) is 7.11. The first-order chi connectivity index (χ1) is 17.2. The van der Waals surface area contributed by atoms with E-state index in [0.29, 0.717) is 15.3 Å². The molecule has 7 aromatic rings. The molecule has 0 saturated heterocycles. The van der Waals surface area contributed by atoms with Gasteiger partial charge in [-0.05, 0) is 129 Å². The second-order valence-electron chi connectivity index (χ2n) is 8.90. The van der Waals surface area contributed by atoms with Gasteiger partial charge in [0.05, 0.1) is 0 Å². The molecule has 0 aliphatic heterocycles. The van der Waals surface area contributed by atoms with E-state index >= 15 is 0 Å². The van der Waals surface area contributed by atoms with Crippen molar-refractivity contribution in [1.82, 2.24) is 0 Å². The maximum absolute atomic E-state index is 6.86. The summed E-state index contributed by atoms with van der Waals surface area (Å²) in [6.07, 6.45) is 0. The molecule has 7 rings (SSSR count). The van der Waals surface area contributed by atoms with E-state index in [4.69, 9.17) is 79.1 Å². The first-order valence-corrected chi connectivity index (χ1v) is 24.2. The van der Waals surface area contributed by atoms with Gasteiger partial charge in [0.1, 0.15) is 0 Å². The molecule has 13 heteroatoms. The van der Waals surface area contributed by atoms with E-state index in [1.807, 2.05) is 6.07 Å². The molecule has 0 radical (unpaired) electrons. The number of hydrogen-bond acceptors (Lipinski definition) is 1. The zero-order valence-corrected chi connectivity index (χ0v) is 31.4. The highest BCUT2D eigenvalue weighted by Crippen LogP contribution is 2.56. The van der Waals surface area contributed by atoms with Crippen LogP contribution in [0, 0.1) is 0 Å². The van der Waals surface area contributed by atoms with E-state index in [1.54, 1.807) is 0 Å². The first kappa shape index (κ1) is 27.2. The molecule has 186 valence electrons. The molecular weight excluding hydrogens is 909 g/mol. The Morgan fingerprint density at radius 2 is 0.946 bits per heavy atom. The molecule has 0 N–H and O–H groups in total. The van der Waals surface area contributed by atoms with Gasteiger partial charge in [-0.2, -0.15) is 0 Å². The number of benzene rings is 7. The lowest BCUT2D eigenvalue weighted by Gasteiger charge is -2.30. The standard InChI is InChI=1S/C24H6Br4Cl6SSi2/c25-19-8-4-3-6-1-2-7-5-9(35)13-14-11(7)10(6)12(8)15-16(14)18(22(28)21(27)17(15)20(19)26)24(37(32,33)34)23(13)36(29,30)31/h1-5,35H. The highest BCUT2D eigenvalue weighted by Gasteiger charge is 2.45. The fourth-order valence-electron chi connectivity index (χ4n) is 5.92. The maximum Gasteiger partial charge on any atom is 0.373 e. The molecule has 0 nitrogen and oxygen atoms in total. The minimum atomic E-state index is -3.64. The molecule has 0 aromatic heterocycles. The highest BCUT2D eigenvalue weighted by atomic mass is 79.9. The van der Waals surface area contributed by atoms with Gasteiger partial charge in [-0.3, -0.25) is 0 Å². The summed E-state index contributed by atoms with van der Waals surface area (Å²) < 4.78 is 3.45. The van der Waals surface area contributed by atoms with Gasteiger partial charge in [0.2, 0.25) is 0 Å². The second kappa shape index (κ2) is 8.68. The SMILES string of the molecule is Sc1cc2ccc3ccc4c(Br)c(Br)c5c(Br)c(Br)c6c([Si](Cl)(Cl)Cl)c([Si](Cl)(Cl)Cl)c1c1c2c3c4c5c61. The van der Waals surface area contributed by atoms with Gasteiger partial charge in [-0.1, -0.05) is 24.3 Å². The van der Waals surface area contributed by atoms with Crippen LogP contribution in [-0.4, -0.2) is 12.0 Å². The molecule has 0 fully saturated rings. The Kier molecular flexibility index (Phi) is 6.37. The molecule has 0 atom stereocenters. The minimum Gasteiger partial charge on any atom is -0.143 e. The summed E-state index contributed by atoms with van der Waals surface area (Å²) >= 11 is 61.5. The van der Waals surface area contributed by atoms with Crippen molar-refractivity contribution < 1.29 is 0 Å². The molecule has 0 unspecified atom stereocenters. The lowest BCUT2D eigenvalue weighted by Crippen LogP contribution is -2.51. The van der Waals surface area contributed by atoms with Crippen LogP contribution in [-0.2, 0) is 0 Å². The van der Waals surface area contributed by atoms with E-state index in [1.165, 1.54) is 0 Å². The van der Waals surface area contributed by atoms with E-state index in [-0.39, 0.29) is 0 Å². The van der Waals surface area contributed by atoms with Crippen molar-refractivity contribution in [3.05, 3.63) is 48.2 Å². The number of thiol groups is 1. The number of halogens is 10. The van der Waals surface area contributed by atoms with Crippen LogP contribution < -0.4 is 10.4 Å². The molecule has 0 heterocycles. The van der Waals surface area contributed by atoms with Gasteiger partial charge in [0, 0.05) is 38.9 Å². The smallest absolute Gasteiger partial charge is 0.143 e. The molecule has 0 bridgehead atoms. The van der Waals surface area contributed by atoms with Crippen molar-refractivity contribution in [3.8, 4) is 0 Å². The van der Waals surface area contributed by atoms with Crippen molar-refractivity contribution in [2.45, 2.75) is 4.90 Å². The summed E-state index contributed by atoms with van der Waals surface area (Å²) in [7, 11) is 0. The molecule has 37 heavy (non-hydrogen) atoms. The molecule has 0 spiro atoms. The number of rotatable bonds is 2. The first-order valence-electron chi connectivity index (χ1n) is 10.5. The largest absolute Gasteiger partial charge is 0.373 e. The predicted octanol–water partition coefficient (Wildman–Crippen LogP) is 12.0. The van der Waals surface area contributed by atoms with Crippen LogP contribution in [0.4, 0.5) is 0 Å². The normalized spacial score (nSPS) is 13.8. The van der Waals surface area contributed by atoms with E-state index < -0.39 is 12.0 Å². The summed E-state index contributed by atoms with van der Waals surface area (Å²) in [5.41, 5.74) is 0. The summed E-state index contributed by atoms with van der Waals surface area (Å²) in [6, 6.07) is 3.29. The third kappa shape index (κ3) is 3.50. The molecular formula is C24H6Br4Cl6SSi2. The molecule has 0 aliphatic carbocycles. The zero-order chi connectivity index (χ0) is 26.5. The van der Waals surface area contributed by atoms with Crippen molar-refractivity contribution in [2.24, 2.45) is 0 Å². The summed E-state index contributed by atoms with van der Waals surface area (Å²) in [5.74, 6) is 0. The Morgan fingerprint density at radius 1 is 0.486 bits per heavy atom. The van der Waals surface area contributed by atoms with Gasteiger partial charge in [-0.25, -0.2) is 0 Å². The van der Waals surface area contributed by atoms with Crippen LogP contribution >= 0.6 is 143 Å².